The van der Waals surface area contributed by atoms with Crippen molar-refractivity contribution in [2.45, 2.75) is 38.0 Å². The van der Waals surface area contributed by atoms with Crippen LogP contribution in [0.4, 0.5) is 4.39 Å². The van der Waals surface area contributed by atoms with Crippen LogP contribution in [0.1, 0.15) is 25.7 Å². The first-order chi connectivity index (χ1) is 14.1. The molecule has 0 radical (unpaired) electrons. The second-order valence-corrected chi connectivity index (χ2v) is 7.03. The van der Waals surface area contributed by atoms with Crippen LogP contribution in [0.3, 0.4) is 0 Å². The monoisotopic (exact) mass is 395 g/mol. The lowest BCUT2D eigenvalue weighted by Crippen LogP contribution is -2.32. The number of aromatic nitrogens is 3. The molecule has 1 aromatic carbocycles. The molecule has 0 spiro atoms. The van der Waals surface area contributed by atoms with E-state index in [1.807, 2.05) is 12.1 Å². The molecule has 0 unspecified atom stereocenters. The van der Waals surface area contributed by atoms with Crippen molar-refractivity contribution in [3.63, 3.8) is 0 Å². The van der Waals surface area contributed by atoms with E-state index in [2.05, 4.69) is 15.2 Å². The van der Waals surface area contributed by atoms with Gasteiger partial charge in [0.2, 0.25) is 11.8 Å². The molecule has 29 heavy (non-hydrogen) atoms. The fourth-order valence-corrected chi connectivity index (χ4v) is 3.49. The average Bonchev–Trinajstić information content (AvgIpc) is 2.76. The summed E-state index contributed by atoms with van der Waals surface area (Å²) in [5.41, 5.74) is 2.76. The van der Waals surface area contributed by atoms with Gasteiger partial charge in [-0.25, -0.2) is 9.37 Å². The third kappa shape index (κ3) is 4.29. The van der Waals surface area contributed by atoms with Crippen LogP contribution in [-0.4, -0.2) is 39.7 Å². The predicted molar refractivity (Wildman–Crippen MR) is 107 cm³/mol. The number of ether oxygens (including phenoxy) is 2. The Bertz CT molecular complexity index is 981. The van der Waals surface area contributed by atoms with E-state index in [1.54, 1.807) is 43.6 Å². The molecule has 6 nitrogen and oxygen atoms in total. The third-order valence-corrected chi connectivity index (χ3v) is 5.09. The van der Waals surface area contributed by atoms with Gasteiger partial charge in [0.15, 0.2) is 0 Å². The average molecular weight is 395 g/mol. The van der Waals surface area contributed by atoms with Crippen molar-refractivity contribution in [3.8, 4) is 39.9 Å². The molecular formula is C22H22FN3O3. The van der Waals surface area contributed by atoms with E-state index in [-0.39, 0.29) is 5.75 Å². The summed E-state index contributed by atoms with van der Waals surface area (Å²) >= 11 is 0. The Morgan fingerprint density at radius 3 is 2.52 bits per heavy atom. The maximum Gasteiger partial charge on any atom is 0.233 e. The zero-order chi connectivity index (χ0) is 20.2. The summed E-state index contributed by atoms with van der Waals surface area (Å²) in [7, 11) is 1.56. The Morgan fingerprint density at radius 1 is 0.966 bits per heavy atom. The molecule has 2 aromatic heterocycles. The molecule has 3 aromatic rings. The summed E-state index contributed by atoms with van der Waals surface area (Å²) in [5, 5.41) is 18.7. The number of hydrogen-bond acceptors (Lipinski definition) is 6. The molecule has 7 heteroatoms. The number of pyridine rings is 1. The molecule has 1 N–H and O–H groups in total. The van der Waals surface area contributed by atoms with Gasteiger partial charge in [0.05, 0.1) is 12.8 Å². The normalized spacial score (nSPS) is 19.0. The molecular weight excluding hydrogens is 373 g/mol. The quantitative estimate of drug-likeness (QED) is 0.681. The van der Waals surface area contributed by atoms with Crippen molar-refractivity contribution in [1.82, 2.24) is 15.2 Å². The smallest absolute Gasteiger partial charge is 0.233 e. The Kier molecular flexibility index (Phi) is 5.55. The van der Waals surface area contributed by atoms with Gasteiger partial charge in [0.1, 0.15) is 18.0 Å². The standard InChI is InChI=1S/C22H22FN3O3/c1-28-22-13-15(10-11-24-22)14-6-7-16(19(27)12-14)18-8-9-21(26-25-18)29-20-5-3-2-4-17(20)23/h6-13,17,20,27H,2-5H2,1H3/t17-,20+/m1/s1. The molecule has 0 aliphatic heterocycles. The van der Waals surface area contributed by atoms with Crippen LogP contribution in [-0.2, 0) is 0 Å². The molecule has 0 saturated heterocycles. The molecule has 2 heterocycles. The summed E-state index contributed by atoms with van der Waals surface area (Å²) in [6.45, 7) is 0. The van der Waals surface area contributed by atoms with Gasteiger partial charge in [0.25, 0.3) is 0 Å². The van der Waals surface area contributed by atoms with Gasteiger partial charge in [-0.15, -0.1) is 10.2 Å². The first-order valence-electron chi connectivity index (χ1n) is 9.62. The van der Waals surface area contributed by atoms with E-state index in [0.29, 0.717) is 35.9 Å². The predicted octanol–water partition coefficient (Wildman–Crippen LogP) is 4.58. The minimum absolute atomic E-state index is 0.0809. The van der Waals surface area contributed by atoms with Crippen LogP contribution in [0.25, 0.3) is 22.4 Å². The molecule has 1 aliphatic carbocycles. The zero-order valence-corrected chi connectivity index (χ0v) is 16.1. The van der Waals surface area contributed by atoms with Crippen LogP contribution in [0.5, 0.6) is 17.5 Å². The van der Waals surface area contributed by atoms with E-state index < -0.39 is 12.3 Å². The van der Waals surface area contributed by atoms with Crippen LogP contribution >= 0.6 is 0 Å². The van der Waals surface area contributed by atoms with E-state index in [0.717, 1.165) is 24.0 Å². The second-order valence-electron chi connectivity index (χ2n) is 7.03. The van der Waals surface area contributed by atoms with Crippen molar-refractivity contribution in [2.75, 3.05) is 7.11 Å². The Hall–Kier alpha value is -3.22. The van der Waals surface area contributed by atoms with Crippen LogP contribution < -0.4 is 9.47 Å². The molecule has 1 fully saturated rings. The van der Waals surface area contributed by atoms with Crippen LogP contribution in [0, 0.1) is 0 Å². The van der Waals surface area contributed by atoms with Gasteiger partial charge in [-0.2, -0.15) is 0 Å². The number of nitrogens with zero attached hydrogens (tertiary/aromatic N) is 3. The highest BCUT2D eigenvalue weighted by Gasteiger charge is 2.26. The Morgan fingerprint density at radius 2 is 1.79 bits per heavy atom. The highest BCUT2D eigenvalue weighted by atomic mass is 19.1. The van der Waals surface area contributed by atoms with Crippen molar-refractivity contribution in [1.29, 1.82) is 0 Å². The first kappa shape index (κ1) is 19.1. The van der Waals surface area contributed by atoms with E-state index in [4.69, 9.17) is 9.47 Å². The zero-order valence-electron chi connectivity index (χ0n) is 16.1. The number of rotatable bonds is 5. The van der Waals surface area contributed by atoms with Gasteiger partial charge in [-0.1, -0.05) is 12.5 Å². The number of phenolic OH excluding ortho intramolecular Hbond substituents is 1. The number of methoxy groups -OCH3 is 1. The summed E-state index contributed by atoms with van der Waals surface area (Å²) < 4.78 is 24.7. The van der Waals surface area contributed by atoms with Crippen molar-refractivity contribution in [2.24, 2.45) is 0 Å². The minimum atomic E-state index is -0.964. The minimum Gasteiger partial charge on any atom is -0.507 e. The number of benzene rings is 1. The van der Waals surface area contributed by atoms with Crippen molar-refractivity contribution < 1.29 is 19.0 Å². The lowest BCUT2D eigenvalue weighted by atomic mass is 9.96. The van der Waals surface area contributed by atoms with E-state index >= 15 is 0 Å². The SMILES string of the molecule is COc1cc(-c2ccc(-c3ccc(O[C@H]4CCCC[C@H]4F)nn3)c(O)c2)ccn1. The fourth-order valence-electron chi connectivity index (χ4n) is 3.49. The highest BCUT2D eigenvalue weighted by Crippen LogP contribution is 2.33. The highest BCUT2D eigenvalue weighted by molar-refractivity contribution is 5.74. The summed E-state index contributed by atoms with van der Waals surface area (Å²) in [5.74, 6) is 0.877. The first-order valence-corrected chi connectivity index (χ1v) is 9.62. The third-order valence-electron chi connectivity index (χ3n) is 5.09. The van der Waals surface area contributed by atoms with E-state index in [9.17, 15) is 9.50 Å². The molecule has 0 bridgehead atoms. The summed E-state index contributed by atoms with van der Waals surface area (Å²) in [6, 6.07) is 12.3. The molecule has 4 rings (SSSR count). The van der Waals surface area contributed by atoms with Gasteiger partial charge >= 0.3 is 0 Å². The maximum atomic E-state index is 13.9. The van der Waals surface area contributed by atoms with Crippen molar-refractivity contribution >= 4 is 0 Å². The summed E-state index contributed by atoms with van der Waals surface area (Å²) in [6.07, 6.45) is 3.29. The van der Waals surface area contributed by atoms with Gasteiger partial charge in [-0.05, 0) is 54.7 Å². The van der Waals surface area contributed by atoms with Gasteiger partial charge in [-0.3, -0.25) is 0 Å². The van der Waals surface area contributed by atoms with E-state index in [1.165, 1.54) is 0 Å². The lowest BCUT2D eigenvalue weighted by molar-refractivity contribution is 0.0594. The Balaban J connectivity index is 1.52. The largest absolute Gasteiger partial charge is 0.507 e. The molecule has 1 aliphatic rings. The maximum absolute atomic E-state index is 13.9. The molecule has 150 valence electrons. The fraction of sp³-hybridized carbons (Fsp3) is 0.318. The van der Waals surface area contributed by atoms with Gasteiger partial charge in [0, 0.05) is 23.9 Å². The molecule has 0 amide bonds. The number of hydrogen-bond donors (Lipinski definition) is 1. The molecule has 2 atom stereocenters. The number of aromatic hydroxyl groups is 1. The molecule has 1 saturated carbocycles. The van der Waals surface area contributed by atoms with Gasteiger partial charge < -0.3 is 14.6 Å². The number of phenols is 1. The second kappa shape index (κ2) is 8.43. The summed E-state index contributed by atoms with van der Waals surface area (Å²) in [4.78, 5) is 4.09. The number of alkyl halides is 1. The van der Waals surface area contributed by atoms with Crippen molar-refractivity contribution in [3.05, 3.63) is 48.7 Å². The number of halogens is 1. The topological polar surface area (TPSA) is 77.4 Å². The Labute approximate surface area is 168 Å². The van der Waals surface area contributed by atoms with Crippen LogP contribution in [0.2, 0.25) is 0 Å². The van der Waals surface area contributed by atoms with Crippen LogP contribution in [0.15, 0.2) is 48.7 Å². The lowest BCUT2D eigenvalue weighted by Gasteiger charge is -2.25.